The number of aryl methyl sites for hydroxylation is 3. The van der Waals surface area contributed by atoms with Gasteiger partial charge in [0.05, 0.1) is 16.8 Å². The van der Waals surface area contributed by atoms with Crippen LogP contribution >= 0.6 is 11.3 Å². The molecule has 1 aliphatic rings. The molecule has 0 aromatic carbocycles. The zero-order valence-corrected chi connectivity index (χ0v) is 17.7. The lowest BCUT2D eigenvalue weighted by molar-refractivity contribution is 0.725. The molecular weight excluding hydrogens is 396 g/mol. The minimum Gasteiger partial charge on any atom is -0.383 e. The molecule has 5 heterocycles. The van der Waals surface area contributed by atoms with E-state index in [1.165, 1.54) is 6.33 Å². The zero-order valence-electron chi connectivity index (χ0n) is 16.9. The van der Waals surface area contributed by atoms with Crippen molar-refractivity contribution in [2.75, 3.05) is 10.6 Å². The molecule has 0 unspecified atom stereocenters. The summed E-state index contributed by atoms with van der Waals surface area (Å²) in [5, 5.41) is 8.47. The highest BCUT2D eigenvalue weighted by Gasteiger charge is 2.30. The number of hydrogen-bond acceptors (Lipinski definition) is 8. The van der Waals surface area contributed by atoms with Crippen molar-refractivity contribution in [3.8, 4) is 0 Å². The summed E-state index contributed by atoms with van der Waals surface area (Å²) in [5.74, 6) is 2.00. The van der Waals surface area contributed by atoms with Crippen molar-refractivity contribution in [1.82, 2.24) is 24.7 Å². The Morgan fingerprint density at radius 3 is 2.77 bits per heavy atom. The van der Waals surface area contributed by atoms with Gasteiger partial charge in [-0.1, -0.05) is 12.6 Å². The Hall–Kier alpha value is -3.59. The Morgan fingerprint density at radius 2 is 1.97 bits per heavy atom. The second kappa shape index (κ2) is 6.74. The Kier molecular flexibility index (Phi) is 4.14. The molecule has 5 rings (SSSR count). The van der Waals surface area contributed by atoms with E-state index >= 15 is 0 Å². The van der Waals surface area contributed by atoms with Crippen LogP contribution in [0.1, 0.15) is 22.4 Å². The molecule has 0 spiro atoms. The van der Waals surface area contributed by atoms with Gasteiger partial charge in [0, 0.05) is 11.8 Å². The minimum atomic E-state index is 0.395. The Bertz CT molecular complexity index is 1350. The maximum atomic E-state index is 6.06. The second-order valence-electron chi connectivity index (χ2n) is 7.25. The van der Waals surface area contributed by atoms with E-state index in [2.05, 4.69) is 38.9 Å². The van der Waals surface area contributed by atoms with Crippen LogP contribution < -0.4 is 10.6 Å². The van der Waals surface area contributed by atoms with Crippen LogP contribution in [0.25, 0.3) is 16.7 Å². The fourth-order valence-corrected chi connectivity index (χ4v) is 4.78. The third-order valence-corrected chi connectivity index (χ3v) is 6.21. The van der Waals surface area contributed by atoms with Crippen molar-refractivity contribution >= 4 is 50.5 Å². The van der Waals surface area contributed by atoms with E-state index in [0.29, 0.717) is 18.0 Å². The van der Waals surface area contributed by atoms with Crippen LogP contribution in [0.5, 0.6) is 0 Å². The molecule has 1 aliphatic heterocycles. The smallest absolute Gasteiger partial charge is 0.164 e. The lowest BCUT2D eigenvalue weighted by Gasteiger charge is -2.31. The van der Waals surface area contributed by atoms with Crippen molar-refractivity contribution in [1.29, 1.82) is 0 Å². The maximum Gasteiger partial charge on any atom is 0.164 e. The van der Waals surface area contributed by atoms with Gasteiger partial charge < -0.3 is 5.73 Å². The normalized spacial score (nSPS) is 13.6. The van der Waals surface area contributed by atoms with E-state index in [4.69, 9.17) is 10.7 Å². The number of anilines is 2. The first-order valence-corrected chi connectivity index (χ1v) is 10.3. The number of thiophene rings is 1. The number of pyridine rings is 1. The standard InChI is InChI=1S/C21H20N8S/c1-11-6-5-7-23-19(11)29-14(4)16-12(2)9-30-21(16)26-15(29)8-28-20-17(13(3)27-28)18(22)24-10-25-20/h5-7,9-10H,4,8H2,1-3H3,(H2,22,24,25). The van der Waals surface area contributed by atoms with Gasteiger partial charge >= 0.3 is 0 Å². The summed E-state index contributed by atoms with van der Waals surface area (Å²) >= 11 is 1.61. The summed E-state index contributed by atoms with van der Waals surface area (Å²) in [6.45, 7) is 10.8. The second-order valence-corrected chi connectivity index (χ2v) is 8.11. The van der Waals surface area contributed by atoms with Crippen LogP contribution in [-0.2, 0) is 6.54 Å². The van der Waals surface area contributed by atoms with Gasteiger partial charge in [-0.2, -0.15) is 5.10 Å². The number of amidine groups is 1. The molecule has 9 heteroatoms. The van der Waals surface area contributed by atoms with Crippen molar-refractivity contribution in [3.05, 3.63) is 59.0 Å². The van der Waals surface area contributed by atoms with Crippen molar-refractivity contribution in [3.63, 3.8) is 0 Å². The molecule has 0 radical (unpaired) electrons. The van der Waals surface area contributed by atoms with E-state index < -0.39 is 0 Å². The number of nitrogen functional groups attached to an aromatic ring is 1. The van der Waals surface area contributed by atoms with Gasteiger partial charge in [0.15, 0.2) is 5.65 Å². The Balaban J connectivity index is 1.69. The van der Waals surface area contributed by atoms with Gasteiger partial charge in [-0.25, -0.2) is 24.6 Å². The van der Waals surface area contributed by atoms with Crippen LogP contribution in [-0.4, -0.2) is 30.6 Å². The number of fused-ring (bicyclic) bond motifs is 2. The van der Waals surface area contributed by atoms with E-state index in [9.17, 15) is 0 Å². The molecule has 0 saturated heterocycles. The number of aliphatic imine (C=N–C) groups is 1. The number of hydrogen-bond donors (Lipinski definition) is 1. The average Bonchev–Trinajstić information content (AvgIpc) is 3.24. The summed E-state index contributed by atoms with van der Waals surface area (Å²) in [4.78, 5) is 20.1. The SMILES string of the molecule is C=C1c2c(C)csc2N=C(Cn2nc(C)c3c(N)ncnc32)N1c1ncccc1C. The third kappa shape index (κ3) is 2.70. The molecule has 150 valence electrons. The molecule has 0 amide bonds. The van der Waals surface area contributed by atoms with E-state index in [-0.39, 0.29) is 0 Å². The van der Waals surface area contributed by atoms with Crippen LogP contribution in [0, 0.1) is 20.8 Å². The van der Waals surface area contributed by atoms with E-state index in [0.717, 1.165) is 50.1 Å². The van der Waals surface area contributed by atoms with Crippen molar-refractivity contribution in [2.24, 2.45) is 4.99 Å². The first-order chi connectivity index (χ1) is 14.5. The molecule has 2 N–H and O–H groups in total. The molecular formula is C21H20N8S. The Labute approximate surface area is 177 Å². The van der Waals surface area contributed by atoms with Gasteiger partial charge in [0.1, 0.15) is 35.3 Å². The van der Waals surface area contributed by atoms with Gasteiger partial charge in [-0.3, -0.25) is 4.90 Å². The van der Waals surface area contributed by atoms with E-state index in [1.807, 2.05) is 35.6 Å². The predicted octanol–water partition coefficient (Wildman–Crippen LogP) is 4.01. The first kappa shape index (κ1) is 18.4. The zero-order chi connectivity index (χ0) is 21.0. The van der Waals surface area contributed by atoms with Gasteiger partial charge in [-0.15, -0.1) is 11.3 Å². The number of aromatic nitrogens is 5. The highest BCUT2D eigenvalue weighted by molar-refractivity contribution is 7.14. The van der Waals surface area contributed by atoms with Crippen LogP contribution in [0.4, 0.5) is 16.6 Å². The fraction of sp³-hybridized carbons (Fsp3) is 0.190. The van der Waals surface area contributed by atoms with E-state index in [1.54, 1.807) is 17.5 Å². The summed E-state index contributed by atoms with van der Waals surface area (Å²) in [5.41, 5.74) is 11.6. The maximum absolute atomic E-state index is 6.06. The molecule has 0 bridgehead atoms. The number of rotatable bonds is 3. The molecule has 8 nitrogen and oxygen atoms in total. The van der Waals surface area contributed by atoms with Gasteiger partial charge in [0.2, 0.25) is 0 Å². The highest BCUT2D eigenvalue weighted by Crippen LogP contribution is 2.42. The Morgan fingerprint density at radius 1 is 1.13 bits per heavy atom. The summed E-state index contributed by atoms with van der Waals surface area (Å²) in [7, 11) is 0. The van der Waals surface area contributed by atoms with Gasteiger partial charge in [0.25, 0.3) is 0 Å². The minimum absolute atomic E-state index is 0.395. The summed E-state index contributed by atoms with van der Waals surface area (Å²) < 4.78 is 1.81. The predicted molar refractivity (Wildman–Crippen MR) is 121 cm³/mol. The average molecular weight is 417 g/mol. The van der Waals surface area contributed by atoms with Gasteiger partial charge in [-0.05, 0) is 43.3 Å². The number of nitrogens with two attached hydrogens (primary N) is 1. The van der Waals surface area contributed by atoms with Crippen LogP contribution in [0.15, 0.2) is 41.6 Å². The molecule has 0 saturated carbocycles. The molecule has 0 atom stereocenters. The first-order valence-electron chi connectivity index (χ1n) is 9.46. The largest absolute Gasteiger partial charge is 0.383 e. The molecule has 4 aromatic heterocycles. The molecule has 0 aliphatic carbocycles. The topological polar surface area (TPSA) is 98.1 Å². The third-order valence-electron chi connectivity index (χ3n) is 5.22. The molecule has 4 aromatic rings. The highest BCUT2D eigenvalue weighted by atomic mass is 32.1. The lowest BCUT2D eigenvalue weighted by atomic mass is 10.1. The van der Waals surface area contributed by atoms with Crippen LogP contribution in [0.2, 0.25) is 0 Å². The quantitative estimate of drug-likeness (QED) is 0.542. The van der Waals surface area contributed by atoms with Crippen molar-refractivity contribution < 1.29 is 0 Å². The molecule has 0 fully saturated rings. The summed E-state index contributed by atoms with van der Waals surface area (Å²) in [6.07, 6.45) is 3.24. The monoisotopic (exact) mass is 416 g/mol. The lowest BCUT2D eigenvalue weighted by Crippen LogP contribution is -2.35. The number of nitrogens with zero attached hydrogens (tertiary/aromatic N) is 7. The van der Waals surface area contributed by atoms with Crippen molar-refractivity contribution in [2.45, 2.75) is 27.3 Å². The van der Waals surface area contributed by atoms with Crippen LogP contribution in [0.3, 0.4) is 0 Å². The summed E-state index contributed by atoms with van der Waals surface area (Å²) in [6, 6.07) is 3.96. The fourth-order valence-electron chi connectivity index (χ4n) is 3.82. The molecule has 30 heavy (non-hydrogen) atoms.